The first-order valence-electron chi connectivity index (χ1n) is 10.0. The van der Waals surface area contributed by atoms with Crippen molar-refractivity contribution in [1.82, 2.24) is 10.2 Å². The van der Waals surface area contributed by atoms with Crippen molar-refractivity contribution in [3.05, 3.63) is 61.5 Å². The second-order valence-corrected chi connectivity index (χ2v) is 10.4. The first-order chi connectivity index (χ1) is 14.9. The molecule has 5 nitrogen and oxygen atoms in total. The Morgan fingerprint density at radius 3 is 2.34 bits per heavy atom. The van der Waals surface area contributed by atoms with E-state index in [1.807, 2.05) is 27.7 Å². The average molecular weight is 565 g/mol. The summed E-state index contributed by atoms with van der Waals surface area (Å²) in [5.41, 5.74) is 0.315. The highest BCUT2D eigenvalue weighted by Crippen LogP contribution is 2.28. The lowest BCUT2D eigenvalue weighted by molar-refractivity contribution is -0.143. The number of amides is 2. The molecule has 2 amide bonds. The fourth-order valence-corrected chi connectivity index (χ4v) is 4.14. The van der Waals surface area contributed by atoms with Crippen molar-refractivity contribution in [2.45, 2.75) is 52.2 Å². The van der Waals surface area contributed by atoms with E-state index >= 15 is 0 Å². The summed E-state index contributed by atoms with van der Waals surface area (Å²) >= 11 is 21.5. The summed E-state index contributed by atoms with van der Waals surface area (Å²) in [5, 5.41) is 4.30. The minimum Gasteiger partial charge on any atom is -0.483 e. The molecule has 0 aliphatic carbocycles. The number of nitrogens with one attached hydrogen (secondary N) is 1. The van der Waals surface area contributed by atoms with Gasteiger partial charge in [-0.15, -0.1) is 0 Å². The number of hydrogen-bond donors (Lipinski definition) is 1. The summed E-state index contributed by atoms with van der Waals surface area (Å²) in [6, 6.07) is 9.47. The van der Waals surface area contributed by atoms with E-state index < -0.39 is 11.6 Å². The lowest BCUT2D eigenvalue weighted by Gasteiger charge is -2.33. The Bertz CT molecular complexity index is 979. The Morgan fingerprint density at radius 1 is 1.09 bits per heavy atom. The van der Waals surface area contributed by atoms with Crippen molar-refractivity contribution in [3.8, 4) is 5.75 Å². The highest BCUT2D eigenvalue weighted by atomic mass is 79.9. The van der Waals surface area contributed by atoms with Gasteiger partial charge < -0.3 is 15.0 Å². The lowest BCUT2D eigenvalue weighted by atomic mass is 10.1. The molecule has 0 aliphatic rings. The molecule has 1 N–H and O–H groups in total. The lowest BCUT2D eigenvalue weighted by Crippen LogP contribution is -2.54. The zero-order chi connectivity index (χ0) is 24.1. The maximum Gasteiger partial charge on any atom is 0.261 e. The van der Waals surface area contributed by atoms with Crippen LogP contribution in [-0.4, -0.2) is 34.9 Å². The largest absolute Gasteiger partial charge is 0.483 e. The average Bonchev–Trinajstić information content (AvgIpc) is 2.68. The number of nitrogens with zero attached hydrogens (tertiary/aromatic N) is 1. The molecule has 9 heteroatoms. The van der Waals surface area contributed by atoms with Gasteiger partial charge in [0.1, 0.15) is 11.8 Å². The Morgan fingerprint density at radius 2 is 1.78 bits per heavy atom. The summed E-state index contributed by atoms with van der Waals surface area (Å²) in [4.78, 5) is 27.7. The van der Waals surface area contributed by atoms with E-state index in [1.165, 1.54) is 4.90 Å². The van der Waals surface area contributed by atoms with Gasteiger partial charge in [-0.25, -0.2) is 0 Å². The molecule has 0 bridgehead atoms. The third-order valence-corrected chi connectivity index (χ3v) is 6.06. The Balaban J connectivity index is 2.29. The first-order valence-corrected chi connectivity index (χ1v) is 12.0. The van der Waals surface area contributed by atoms with Gasteiger partial charge in [0.2, 0.25) is 5.91 Å². The molecule has 0 radical (unpaired) electrons. The van der Waals surface area contributed by atoms with Gasteiger partial charge in [-0.3, -0.25) is 9.59 Å². The van der Waals surface area contributed by atoms with Crippen LogP contribution < -0.4 is 10.1 Å². The number of halogens is 4. The van der Waals surface area contributed by atoms with Crippen LogP contribution >= 0.6 is 50.7 Å². The fourth-order valence-electron chi connectivity index (χ4n) is 3.02. The van der Waals surface area contributed by atoms with E-state index in [0.717, 1.165) is 5.56 Å². The monoisotopic (exact) mass is 562 g/mol. The van der Waals surface area contributed by atoms with Crippen LogP contribution in [-0.2, 0) is 16.1 Å². The molecule has 174 valence electrons. The zero-order valence-corrected chi connectivity index (χ0v) is 22.2. The molecule has 0 saturated heterocycles. The predicted molar refractivity (Wildman–Crippen MR) is 134 cm³/mol. The number of carbonyl (C=O) groups is 2. The van der Waals surface area contributed by atoms with Gasteiger partial charge in [-0.2, -0.15) is 0 Å². The summed E-state index contributed by atoms with van der Waals surface area (Å²) < 4.78 is 6.35. The maximum absolute atomic E-state index is 13.2. The summed E-state index contributed by atoms with van der Waals surface area (Å²) in [7, 11) is 0. The molecule has 0 fully saturated rings. The molecule has 1 atom stereocenters. The second kappa shape index (κ2) is 11.6. The molecule has 0 spiro atoms. The Labute approximate surface area is 212 Å². The van der Waals surface area contributed by atoms with Gasteiger partial charge in [0.15, 0.2) is 6.61 Å². The van der Waals surface area contributed by atoms with E-state index in [2.05, 4.69) is 21.2 Å². The number of hydrogen-bond acceptors (Lipinski definition) is 3. The van der Waals surface area contributed by atoms with Crippen molar-refractivity contribution in [3.63, 3.8) is 0 Å². The molecule has 2 rings (SSSR count). The molecule has 0 unspecified atom stereocenters. The van der Waals surface area contributed by atoms with Crippen LogP contribution in [0.4, 0.5) is 0 Å². The van der Waals surface area contributed by atoms with Gasteiger partial charge in [-0.05, 0) is 79.0 Å². The smallest absolute Gasteiger partial charge is 0.261 e. The maximum atomic E-state index is 13.2. The molecular weight excluding hydrogens is 539 g/mol. The molecule has 32 heavy (non-hydrogen) atoms. The Hall–Kier alpha value is -1.47. The number of rotatable bonds is 8. The minimum atomic E-state index is -0.687. The van der Waals surface area contributed by atoms with Crippen molar-refractivity contribution in [2.24, 2.45) is 0 Å². The fraction of sp³-hybridized carbons (Fsp3) is 0.391. The van der Waals surface area contributed by atoms with E-state index in [4.69, 9.17) is 39.5 Å². The van der Waals surface area contributed by atoms with Crippen molar-refractivity contribution < 1.29 is 14.3 Å². The second-order valence-electron chi connectivity index (χ2n) is 8.30. The van der Waals surface area contributed by atoms with Crippen LogP contribution in [0.15, 0.2) is 40.9 Å². The van der Waals surface area contributed by atoms with Crippen LogP contribution in [0, 0.1) is 0 Å². The van der Waals surface area contributed by atoms with Gasteiger partial charge in [0.25, 0.3) is 5.91 Å². The third kappa shape index (κ3) is 7.84. The van der Waals surface area contributed by atoms with Gasteiger partial charge >= 0.3 is 0 Å². The molecule has 0 aromatic heterocycles. The van der Waals surface area contributed by atoms with Crippen LogP contribution in [0.1, 0.15) is 39.7 Å². The van der Waals surface area contributed by atoms with E-state index in [9.17, 15) is 9.59 Å². The number of ether oxygens (including phenoxy) is 1. The molecule has 2 aromatic rings. The van der Waals surface area contributed by atoms with Crippen LogP contribution in [0.2, 0.25) is 15.1 Å². The van der Waals surface area contributed by atoms with Gasteiger partial charge in [0, 0.05) is 17.1 Å². The quantitative estimate of drug-likeness (QED) is 0.398. The Kier molecular flexibility index (Phi) is 9.70. The summed E-state index contributed by atoms with van der Waals surface area (Å²) in [6.45, 7) is 7.47. The van der Waals surface area contributed by atoms with E-state index in [1.54, 1.807) is 36.4 Å². The molecule has 0 heterocycles. The molecule has 2 aromatic carbocycles. The zero-order valence-electron chi connectivity index (χ0n) is 18.3. The van der Waals surface area contributed by atoms with Crippen molar-refractivity contribution in [1.29, 1.82) is 0 Å². The topological polar surface area (TPSA) is 58.6 Å². The molecule has 0 aliphatic heterocycles. The summed E-state index contributed by atoms with van der Waals surface area (Å²) in [6.07, 6.45) is 0.430. The minimum absolute atomic E-state index is 0.178. The van der Waals surface area contributed by atoms with Crippen LogP contribution in [0.3, 0.4) is 0 Å². The predicted octanol–water partition coefficient (Wildman–Crippen LogP) is 6.51. The first kappa shape index (κ1) is 26.8. The van der Waals surface area contributed by atoms with Gasteiger partial charge in [-0.1, -0.05) is 47.8 Å². The molecular formula is C23H26BrCl3N2O3. The van der Waals surface area contributed by atoms with Crippen LogP contribution in [0.5, 0.6) is 5.75 Å². The number of carbonyl (C=O) groups excluding carboxylic acids is 2. The van der Waals surface area contributed by atoms with E-state index in [-0.39, 0.29) is 25.0 Å². The van der Waals surface area contributed by atoms with Crippen molar-refractivity contribution >= 4 is 62.5 Å². The standard InChI is InChI=1S/C23H26BrCl3N2O3/c1-5-19(22(31)28-23(2,3)4)29(12-14-6-8-17(26)18(27)10-14)21(30)13-32-20-9-7-15(25)11-16(20)24/h6-11,19H,5,12-13H2,1-4H3,(H,28,31)/t19-/m1/s1. The van der Waals surface area contributed by atoms with E-state index in [0.29, 0.717) is 31.7 Å². The normalized spacial score (nSPS) is 12.2. The highest BCUT2D eigenvalue weighted by molar-refractivity contribution is 9.10. The number of benzene rings is 2. The van der Waals surface area contributed by atoms with Crippen molar-refractivity contribution in [2.75, 3.05) is 6.61 Å². The summed E-state index contributed by atoms with van der Waals surface area (Å²) in [5.74, 6) is -0.0978. The SMILES string of the molecule is CC[C@H](C(=O)NC(C)(C)C)N(Cc1ccc(Cl)c(Cl)c1)C(=O)COc1ccc(Cl)cc1Br. The van der Waals surface area contributed by atoms with Gasteiger partial charge in [0.05, 0.1) is 14.5 Å². The molecule has 0 saturated carbocycles. The third-order valence-electron chi connectivity index (χ3n) is 4.47. The highest BCUT2D eigenvalue weighted by Gasteiger charge is 2.31. The van der Waals surface area contributed by atoms with Crippen LogP contribution in [0.25, 0.3) is 0 Å².